The third kappa shape index (κ3) is 5.09. The van der Waals surface area contributed by atoms with Crippen LogP contribution in [0.2, 0.25) is 0 Å². The lowest BCUT2D eigenvalue weighted by Crippen LogP contribution is -2.33. The molecule has 0 aliphatic heterocycles. The van der Waals surface area contributed by atoms with Crippen molar-refractivity contribution in [1.82, 2.24) is 10.0 Å². The Morgan fingerprint density at radius 2 is 1.95 bits per heavy atom. The van der Waals surface area contributed by atoms with Crippen LogP contribution >= 0.6 is 15.9 Å². The summed E-state index contributed by atoms with van der Waals surface area (Å²) in [6.07, 6.45) is -4.59. The summed E-state index contributed by atoms with van der Waals surface area (Å²) < 4.78 is 61.2. The molecule has 0 bridgehead atoms. The highest BCUT2D eigenvalue weighted by molar-refractivity contribution is 9.10. The van der Waals surface area contributed by atoms with E-state index < -0.39 is 22.7 Å². The largest absolute Gasteiger partial charge is 0.402 e. The third-order valence-corrected chi connectivity index (χ3v) is 4.51. The molecule has 1 rings (SSSR count). The second-order valence-corrected chi connectivity index (χ2v) is 6.32. The summed E-state index contributed by atoms with van der Waals surface area (Å²) >= 11 is 3.05. The maximum Gasteiger partial charge on any atom is 0.402 e. The van der Waals surface area contributed by atoms with Gasteiger partial charge in [0, 0.05) is 11.0 Å². The monoisotopic (exact) mass is 360 g/mol. The summed E-state index contributed by atoms with van der Waals surface area (Å²) in [5, 5.41) is 2.88. The highest BCUT2D eigenvalue weighted by Crippen LogP contribution is 2.24. The van der Waals surface area contributed by atoms with Crippen molar-refractivity contribution in [3.63, 3.8) is 0 Å². The van der Waals surface area contributed by atoms with E-state index in [-0.39, 0.29) is 9.37 Å². The first-order valence-corrected chi connectivity index (χ1v) is 7.43. The van der Waals surface area contributed by atoms with Gasteiger partial charge in [-0.2, -0.15) is 13.2 Å². The quantitative estimate of drug-likeness (QED) is 0.844. The van der Waals surface area contributed by atoms with Gasteiger partial charge in [-0.1, -0.05) is 6.07 Å². The maximum atomic E-state index is 12.0. The fourth-order valence-electron chi connectivity index (χ4n) is 1.33. The van der Waals surface area contributed by atoms with Gasteiger partial charge in [-0.15, -0.1) is 0 Å². The standard InChI is InChI=1S/C10H12BrF3N2O2S/c1-15-5-7-2-3-9(8(11)4-7)19(17,18)16-6-10(12,13)14/h2-4,15-16H,5-6H2,1H3. The molecule has 0 heterocycles. The van der Waals surface area contributed by atoms with E-state index in [0.29, 0.717) is 6.54 Å². The van der Waals surface area contributed by atoms with Crippen molar-refractivity contribution in [2.75, 3.05) is 13.6 Å². The van der Waals surface area contributed by atoms with Gasteiger partial charge in [0.15, 0.2) is 0 Å². The van der Waals surface area contributed by atoms with E-state index in [9.17, 15) is 21.6 Å². The van der Waals surface area contributed by atoms with Crippen molar-refractivity contribution in [2.24, 2.45) is 0 Å². The van der Waals surface area contributed by atoms with Gasteiger partial charge in [-0.05, 0) is 40.7 Å². The Labute approximate surface area is 117 Å². The van der Waals surface area contributed by atoms with E-state index in [0.717, 1.165) is 5.56 Å². The van der Waals surface area contributed by atoms with Crippen LogP contribution in [0.15, 0.2) is 27.6 Å². The minimum absolute atomic E-state index is 0.218. The second-order valence-electron chi connectivity index (χ2n) is 3.73. The topological polar surface area (TPSA) is 58.2 Å². The van der Waals surface area contributed by atoms with Gasteiger partial charge >= 0.3 is 6.18 Å². The molecule has 2 N–H and O–H groups in total. The van der Waals surface area contributed by atoms with Crippen molar-refractivity contribution in [2.45, 2.75) is 17.6 Å². The van der Waals surface area contributed by atoms with E-state index in [2.05, 4.69) is 21.2 Å². The van der Waals surface area contributed by atoms with E-state index >= 15 is 0 Å². The summed E-state index contributed by atoms with van der Waals surface area (Å²) in [5.41, 5.74) is 0.809. The van der Waals surface area contributed by atoms with E-state index in [1.165, 1.54) is 16.9 Å². The molecule has 4 nitrogen and oxygen atoms in total. The molecule has 0 atom stereocenters. The number of sulfonamides is 1. The third-order valence-electron chi connectivity index (χ3n) is 2.13. The van der Waals surface area contributed by atoms with Crippen LogP contribution in [0.1, 0.15) is 5.56 Å². The lowest BCUT2D eigenvalue weighted by molar-refractivity contribution is -0.121. The van der Waals surface area contributed by atoms with E-state index in [1.807, 2.05) is 0 Å². The first-order valence-electron chi connectivity index (χ1n) is 5.15. The first kappa shape index (κ1) is 16.4. The summed E-state index contributed by atoms with van der Waals surface area (Å²) in [6.45, 7) is -1.07. The Hall–Kier alpha value is -0.640. The molecule has 0 aliphatic rings. The number of benzene rings is 1. The van der Waals surface area contributed by atoms with Crippen LogP contribution in [-0.2, 0) is 16.6 Å². The van der Waals surface area contributed by atoms with E-state index in [1.54, 1.807) is 13.1 Å². The van der Waals surface area contributed by atoms with Crippen molar-refractivity contribution >= 4 is 26.0 Å². The number of rotatable bonds is 5. The fraction of sp³-hybridized carbons (Fsp3) is 0.400. The molecule has 108 valence electrons. The zero-order chi connectivity index (χ0) is 14.7. The average molecular weight is 361 g/mol. The molecule has 0 saturated heterocycles. The molecule has 19 heavy (non-hydrogen) atoms. The summed E-state index contributed by atoms with van der Waals surface area (Å²) in [4.78, 5) is -0.225. The molecular weight excluding hydrogens is 349 g/mol. The van der Waals surface area contributed by atoms with Crippen LogP contribution in [-0.4, -0.2) is 28.2 Å². The fourth-order valence-corrected chi connectivity index (χ4v) is 3.47. The van der Waals surface area contributed by atoms with Gasteiger partial charge in [0.05, 0.1) is 4.90 Å². The van der Waals surface area contributed by atoms with Crippen LogP contribution in [0, 0.1) is 0 Å². The molecule has 1 aromatic rings. The van der Waals surface area contributed by atoms with Crippen LogP contribution in [0.4, 0.5) is 13.2 Å². The van der Waals surface area contributed by atoms with Gasteiger partial charge in [-0.3, -0.25) is 0 Å². The Bertz CT molecular complexity index is 546. The molecule has 0 fully saturated rings. The lowest BCUT2D eigenvalue weighted by atomic mass is 10.2. The molecule has 1 aromatic carbocycles. The SMILES string of the molecule is CNCc1ccc(S(=O)(=O)NCC(F)(F)F)c(Br)c1. The van der Waals surface area contributed by atoms with Crippen LogP contribution < -0.4 is 10.0 Å². The Kier molecular flexibility index (Phi) is 5.36. The Morgan fingerprint density at radius 3 is 2.42 bits per heavy atom. The van der Waals surface area contributed by atoms with Crippen LogP contribution in [0.25, 0.3) is 0 Å². The van der Waals surface area contributed by atoms with Crippen molar-refractivity contribution in [1.29, 1.82) is 0 Å². The number of hydrogen-bond acceptors (Lipinski definition) is 3. The first-order chi connectivity index (χ1) is 8.65. The average Bonchev–Trinajstić information content (AvgIpc) is 2.26. The molecule has 0 aliphatic carbocycles. The van der Waals surface area contributed by atoms with Gasteiger partial charge < -0.3 is 5.32 Å². The Morgan fingerprint density at radius 1 is 1.32 bits per heavy atom. The number of nitrogens with one attached hydrogen (secondary N) is 2. The molecule has 0 aromatic heterocycles. The minimum atomic E-state index is -4.59. The Balaban J connectivity index is 2.96. The smallest absolute Gasteiger partial charge is 0.316 e. The zero-order valence-corrected chi connectivity index (χ0v) is 12.3. The van der Waals surface area contributed by atoms with E-state index in [4.69, 9.17) is 0 Å². The normalized spacial score (nSPS) is 12.7. The summed E-state index contributed by atoms with van der Waals surface area (Å²) in [7, 11) is -2.47. The predicted molar refractivity (Wildman–Crippen MR) is 68.1 cm³/mol. The van der Waals surface area contributed by atoms with Crippen molar-refractivity contribution < 1.29 is 21.6 Å². The minimum Gasteiger partial charge on any atom is -0.316 e. The highest BCUT2D eigenvalue weighted by atomic mass is 79.9. The zero-order valence-electron chi connectivity index (χ0n) is 9.88. The van der Waals surface area contributed by atoms with Crippen molar-refractivity contribution in [3.05, 3.63) is 28.2 Å². The number of hydrogen-bond donors (Lipinski definition) is 2. The van der Waals surface area contributed by atoms with Gasteiger partial charge in [0.2, 0.25) is 10.0 Å². The van der Waals surface area contributed by atoms with Crippen LogP contribution in [0.5, 0.6) is 0 Å². The van der Waals surface area contributed by atoms with Crippen molar-refractivity contribution in [3.8, 4) is 0 Å². The molecule has 0 unspecified atom stereocenters. The predicted octanol–water partition coefficient (Wildman–Crippen LogP) is 2.01. The second kappa shape index (κ2) is 6.21. The van der Waals surface area contributed by atoms with Gasteiger partial charge in [-0.25, -0.2) is 13.1 Å². The summed E-state index contributed by atoms with van der Waals surface area (Å²) in [5.74, 6) is 0. The molecule has 0 spiro atoms. The molecule has 0 amide bonds. The molecule has 0 saturated carbocycles. The maximum absolute atomic E-state index is 12.0. The van der Waals surface area contributed by atoms with Crippen LogP contribution in [0.3, 0.4) is 0 Å². The number of halogens is 4. The van der Waals surface area contributed by atoms with Gasteiger partial charge in [0.25, 0.3) is 0 Å². The highest BCUT2D eigenvalue weighted by Gasteiger charge is 2.30. The lowest BCUT2D eigenvalue weighted by Gasteiger charge is -2.11. The molecular formula is C10H12BrF3N2O2S. The molecule has 9 heteroatoms. The number of alkyl halides is 3. The summed E-state index contributed by atoms with van der Waals surface area (Å²) in [6, 6.07) is 4.33. The van der Waals surface area contributed by atoms with Gasteiger partial charge in [0.1, 0.15) is 6.54 Å². The molecule has 0 radical (unpaired) electrons.